The molecule has 0 aliphatic carbocycles. The van der Waals surface area contributed by atoms with Crippen molar-refractivity contribution in [1.29, 1.82) is 0 Å². The van der Waals surface area contributed by atoms with Crippen LogP contribution in [0.2, 0.25) is 0 Å². The predicted octanol–water partition coefficient (Wildman–Crippen LogP) is 2.54. The van der Waals surface area contributed by atoms with Crippen LogP contribution >= 0.6 is 11.8 Å². The Hall–Kier alpha value is -2.31. The maximum absolute atomic E-state index is 12.4. The summed E-state index contributed by atoms with van der Waals surface area (Å²) in [6, 6.07) is 3.16. The van der Waals surface area contributed by atoms with Crippen LogP contribution in [0.25, 0.3) is 16.5 Å². The molecule has 1 aromatic heterocycles. The number of hydrogen-bond acceptors (Lipinski definition) is 5. The fraction of sp³-hybridized carbons (Fsp3) is 0.400. The zero-order valence-electron chi connectivity index (χ0n) is 12.7. The van der Waals surface area contributed by atoms with Crippen LogP contribution in [0.5, 0.6) is 0 Å². The number of nitrogens with zero attached hydrogens (tertiary/aromatic N) is 5. The highest BCUT2D eigenvalue weighted by atomic mass is 32.2. The summed E-state index contributed by atoms with van der Waals surface area (Å²) in [7, 11) is 0. The molecule has 23 heavy (non-hydrogen) atoms. The SMILES string of the molecule is CC1(C)SC2/C(=C\c3cc(CN=[N+]=[N-])ccn3)C(=O)N2[C@H]1C=O. The number of β-lactam (4-membered cyclic amide) rings is 1. The number of hydrogen-bond donors (Lipinski definition) is 0. The van der Waals surface area contributed by atoms with Gasteiger partial charge in [0.25, 0.3) is 5.91 Å². The van der Waals surface area contributed by atoms with Crippen LogP contribution in [-0.4, -0.2) is 38.2 Å². The minimum Gasteiger partial charge on any atom is -0.311 e. The van der Waals surface area contributed by atoms with Crippen LogP contribution in [0.15, 0.2) is 29.0 Å². The summed E-state index contributed by atoms with van der Waals surface area (Å²) in [5.41, 5.74) is 10.5. The summed E-state index contributed by atoms with van der Waals surface area (Å²) < 4.78 is -0.297. The third kappa shape index (κ3) is 2.60. The number of pyridine rings is 1. The van der Waals surface area contributed by atoms with Gasteiger partial charge in [0, 0.05) is 15.9 Å². The zero-order valence-corrected chi connectivity index (χ0v) is 13.5. The van der Waals surface area contributed by atoms with Gasteiger partial charge in [-0.3, -0.25) is 9.78 Å². The number of aldehydes is 1. The topological polar surface area (TPSA) is 99.0 Å². The molecule has 1 aromatic rings. The van der Waals surface area contributed by atoms with Gasteiger partial charge in [-0.15, -0.1) is 11.8 Å². The molecule has 0 aromatic carbocycles. The minimum absolute atomic E-state index is 0.102. The molecule has 1 amide bonds. The average Bonchev–Trinajstić information content (AvgIpc) is 2.78. The molecular formula is C15H15N5O2S. The van der Waals surface area contributed by atoms with E-state index < -0.39 is 6.04 Å². The summed E-state index contributed by atoms with van der Waals surface area (Å²) in [4.78, 5) is 32.2. The van der Waals surface area contributed by atoms with Crippen LogP contribution in [0.4, 0.5) is 0 Å². The summed E-state index contributed by atoms with van der Waals surface area (Å²) >= 11 is 1.61. The molecule has 2 aliphatic rings. The number of thioether (sulfide) groups is 1. The summed E-state index contributed by atoms with van der Waals surface area (Å²) in [6.07, 6.45) is 4.22. The number of aromatic nitrogens is 1. The Morgan fingerprint density at radius 2 is 2.35 bits per heavy atom. The predicted molar refractivity (Wildman–Crippen MR) is 87.2 cm³/mol. The fourth-order valence-corrected chi connectivity index (χ4v) is 4.36. The second kappa shape index (κ2) is 5.72. The normalized spacial score (nSPS) is 26.4. The molecule has 8 heteroatoms. The van der Waals surface area contributed by atoms with E-state index in [9.17, 15) is 9.59 Å². The molecule has 118 valence electrons. The smallest absolute Gasteiger partial charge is 0.254 e. The second-order valence-electron chi connectivity index (χ2n) is 5.94. The van der Waals surface area contributed by atoms with Gasteiger partial charge >= 0.3 is 0 Å². The van der Waals surface area contributed by atoms with Gasteiger partial charge in [0.05, 0.1) is 17.8 Å². The molecule has 0 bridgehead atoms. The number of carbonyl (C=O) groups excluding carboxylic acids is 2. The summed E-state index contributed by atoms with van der Waals surface area (Å²) in [5, 5.41) is 3.42. The molecular weight excluding hydrogens is 314 g/mol. The third-order valence-electron chi connectivity index (χ3n) is 4.02. The highest BCUT2D eigenvalue weighted by Gasteiger charge is 2.58. The van der Waals surface area contributed by atoms with E-state index in [1.54, 1.807) is 41.1 Å². The van der Waals surface area contributed by atoms with Crippen LogP contribution in [-0.2, 0) is 16.1 Å². The lowest BCUT2D eigenvalue weighted by Gasteiger charge is -2.38. The van der Waals surface area contributed by atoms with E-state index in [2.05, 4.69) is 15.0 Å². The highest BCUT2D eigenvalue weighted by Crippen LogP contribution is 2.52. The van der Waals surface area contributed by atoms with Crippen molar-refractivity contribution in [3.05, 3.63) is 45.6 Å². The van der Waals surface area contributed by atoms with Crippen molar-refractivity contribution >= 4 is 30.0 Å². The Bertz CT molecular complexity index is 754. The average molecular weight is 329 g/mol. The first-order chi connectivity index (χ1) is 11.0. The Morgan fingerprint density at radius 3 is 3.04 bits per heavy atom. The number of azide groups is 1. The summed E-state index contributed by atoms with van der Waals surface area (Å²) in [6.45, 7) is 4.19. The number of carbonyl (C=O) groups is 2. The van der Waals surface area contributed by atoms with Gasteiger partial charge < -0.3 is 9.69 Å². The fourth-order valence-electron chi connectivity index (χ4n) is 2.84. The van der Waals surface area contributed by atoms with E-state index in [1.165, 1.54) is 0 Å². The van der Waals surface area contributed by atoms with E-state index in [0.29, 0.717) is 11.3 Å². The van der Waals surface area contributed by atoms with Gasteiger partial charge in [0.15, 0.2) is 0 Å². The van der Waals surface area contributed by atoms with Gasteiger partial charge in [-0.25, -0.2) is 0 Å². The van der Waals surface area contributed by atoms with Crippen molar-refractivity contribution in [3.63, 3.8) is 0 Å². The molecule has 3 rings (SSSR count). The van der Waals surface area contributed by atoms with E-state index in [4.69, 9.17) is 5.53 Å². The first kappa shape index (κ1) is 15.6. The highest BCUT2D eigenvalue weighted by molar-refractivity contribution is 8.01. The van der Waals surface area contributed by atoms with Crippen LogP contribution < -0.4 is 0 Å². The zero-order chi connectivity index (χ0) is 16.6. The number of amides is 1. The molecule has 3 heterocycles. The minimum atomic E-state index is -0.397. The van der Waals surface area contributed by atoms with E-state index in [1.807, 2.05) is 13.8 Å². The Balaban J connectivity index is 1.86. The van der Waals surface area contributed by atoms with Gasteiger partial charge in [0.2, 0.25) is 0 Å². The van der Waals surface area contributed by atoms with Gasteiger partial charge in [-0.05, 0) is 43.2 Å². The molecule has 0 radical (unpaired) electrons. The van der Waals surface area contributed by atoms with Crippen molar-refractivity contribution < 1.29 is 9.59 Å². The molecule has 0 saturated carbocycles. The van der Waals surface area contributed by atoms with Gasteiger partial charge in [0.1, 0.15) is 17.7 Å². The number of fused-ring (bicyclic) bond motifs is 1. The Morgan fingerprint density at radius 1 is 1.57 bits per heavy atom. The largest absolute Gasteiger partial charge is 0.311 e. The molecule has 2 saturated heterocycles. The molecule has 1 unspecified atom stereocenters. The Kier molecular flexibility index (Phi) is 3.87. The standard InChI is InChI=1S/C15H15N5O2S/c1-15(2)12(8-21)20-13(22)11(14(20)23-15)6-10-5-9(3-4-17-10)7-18-19-16/h3-6,8,12,14H,7H2,1-2H3/b11-6-/t12-,14?/m0/s1. The first-order valence-corrected chi connectivity index (χ1v) is 7.99. The molecule has 2 atom stereocenters. The van der Waals surface area contributed by atoms with E-state index in [0.717, 1.165) is 11.8 Å². The maximum Gasteiger partial charge on any atom is 0.254 e. The molecule has 2 fully saturated rings. The second-order valence-corrected chi connectivity index (χ2v) is 7.68. The lowest BCUT2D eigenvalue weighted by atomic mass is 9.96. The monoisotopic (exact) mass is 329 g/mol. The van der Waals surface area contributed by atoms with E-state index >= 15 is 0 Å². The molecule has 2 aliphatic heterocycles. The third-order valence-corrected chi connectivity index (χ3v) is 5.58. The quantitative estimate of drug-likeness (QED) is 0.212. The van der Waals surface area contributed by atoms with Crippen LogP contribution in [0.3, 0.4) is 0 Å². The van der Waals surface area contributed by atoms with Crippen molar-refractivity contribution in [3.8, 4) is 0 Å². The van der Waals surface area contributed by atoms with Gasteiger partial charge in [-0.2, -0.15) is 0 Å². The molecule has 7 nitrogen and oxygen atoms in total. The van der Waals surface area contributed by atoms with Crippen LogP contribution in [0, 0.1) is 0 Å². The lowest BCUT2D eigenvalue weighted by molar-refractivity contribution is -0.139. The van der Waals surface area contributed by atoms with Gasteiger partial charge in [-0.1, -0.05) is 5.11 Å². The maximum atomic E-state index is 12.4. The number of rotatable bonds is 4. The van der Waals surface area contributed by atoms with Crippen molar-refractivity contribution in [2.75, 3.05) is 0 Å². The first-order valence-electron chi connectivity index (χ1n) is 7.11. The van der Waals surface area contributed by atoms with Crippen LogP contribution in [0.1, 0.15) is 25.1 Å². The lowest BCUT2D eigenvalue weighted by Crippen LogP contribution is -2.56. The van der Waals surface area contributed by atoms with Crippen molar-refractivity contribution in [1.82, 2.24) is 9.88 Å². The van der Waals surface area contributed by atoms with E-state index in [-0.39, 0.29) is 22.6 Å². The summed E-state index contributed by atoms with van der Waals surface area (Å²) in [5.74, 6) is -0.118. The van der Waals surface area contributed by atoms with Crippen molar-refractivity contribution in [2.24, 2.45) is 5.11 Å². The Labute approximate surface area is 137 Å². The molecule has 0 N–H and O–H groups in total. The van der Waals surface area contributed by atoms with Crippen molar-refractivity contribution in [2.45, 2.75) is 36.6 Å². The molecule has 0 spiro atoms.